The molecule has 0 radical (unpaired) electrons. The predicted octanol–water partition coefficient (Wildman–Crippen LogP) is 4.30. The van der Waals surface area contributed by atoms with Crippen LogP contribution in [-0.4, -0.2) is 27.9 Å². The summed E-state index contributed by atoms with van der Waals surface area (Å²) in [6, 6.07) is 6.90. The number of halogens is 1. The highest BCUT2D eigenvalue weighted by Gasteiger charge is 2.24. The van der Waals surface area contributed by atoms with Crippen LogP contribution in [0.25, 0.3) is 11.3 Å². The van der Waals surface area contributed by atoms with Gasteiger partial charge in [0.25, 0.3) is 0 Å². The fourth-order valence-electron chi connectivity index (χ4n) is 3.14. The van der Waals surface area contributed by atoms with Crippen molar-refractivity contribution in [1.29, 1.82) is 0 Å². The van der Waals surface area contributed by atoms with Gasteiger partial charge in [0.2, 0.25) is 0 Å². The van der Waals surface area contributed by atoms with Crippen LogP contribution in [0.15, 0.2) is 42.0 Å². The molecule has 1 atom stereocenters. The van der Waals surface area contributed by atoms with Gasteiger partial charge in [0, 0.05) is 30.2 Å². The van der Waals surface area contributed by atoms with E-state index in [1.807, 2.05) is 11.6 Å². The maximum atomic E-state index is 13.1. The van der Waals surface area contributed by atoms with Gasteiger partial charge in [0.1, 0.15) is 5.82 Å². The molecule has 3 heterocycles. The number of aromatic nitrogens is 3. The highest BCUT2D eigenvalue weighted by atomic mass is 32.1. The molecule has 1 unspecified atom stereocenters. The zero-order valence-corrected chi connectivity index (χ0v) is 14.3. The molecule has 3 aromatic rings. The van der Waals surface area contributed by atoms with Crippen LogP contribution < -0.4 is 4.90 Å². The summed E-state index contributed by atoms with van der Waals surface area (Å²) < 4.78 is 15.1. The molecule has 6 heteroatoms. The Kier molecular flexibility index (Phi) is 4.06. The van der Waals surface area contributed by atoms with E-state index in [4.69, 9.17) is 4.98 Å². The van der Waals surface area contributed by atoms with E-state index < -0.39 is 0 Å². The van der Waals surface area contributed by atoms with Crippen molar-refractivity contribution in [1.82, 2.24) is 14.8 Å². The Hall–Kier alpha value is -2.21. The van der Waals surface area contributed by atoms with Gasteiger partial charge in [0.05, 0.1) is 17.9 Å². The monoisotopic (exact) mass is 342 g/mol. The maximum absolute atomic E-state index is 13.1. The number of aryl methyl sites for hydroxylation is 1. The van der Waals surface area contributed by atoms with Gasteiger partial charge in [0.15, 0.2) is 5.13 Å². The molecular weight excluding hydrogens is 323 g/mol. The SMILES string of the molecule is Cc1cnn(C2CCCN(c3nc(-c4ccc(F)cc4)cs3)C2)c1. The second-order valence-electron chi connectivity index (χ2n) is 6.26. The maximum Gasteiger partial charge on any atom is 0.185 e. The molecule has 1 aromatic carbocycles. The number of anilines is 1. The summed E-state index contributed by atoms with van der Waals surface area (Å²) in [5.41, 5.74) is 3.06. The zero-order valence-electron chi connectivity index (χ0n) is 13.5. The molecule has 24 heavy (non-hydrogen) atoms. The van der Waals surface area contributed by atoms with Crippen molar-refractivity contribution < 1.29 is 4.39 Å². The molecular formula is C18H19FN4S. The number of hydrogen-bond acceptors (Lipinski definition) is 4. The van der Waals surface area contributed by atoms with Crippen molar-refractivity contribution in [3.05, 3.63) is 53.4 Å². The van der Waals surface area contributed by atoms with Crippen molar-refractivity contribution in [2.24, 2.45) is 0 Å². The first-order chi connectivity index (χ1) is 11.7. The van der Waals surface area contributed by atoms with Gasteiger partial charge in [-0.15, -0.1) is 11.3 Å². The van der Waals surface area contributed by atoms with Crippen LogP contribution in [0, 0.1) is 12.7 Å². The first-order valence-electron chi connectivity index (χ1n) is 8.16. The van der Waals surface area contributed by atoms with Gasteiger partial charge < -0.3 is 4.90 Å². The molecule has 0 bridgehead atoms. The third kappa shape index (κ3) is 3.06. The fourth-order valence-corrected chi connectivity index (χ4v) is 4.01. The van der Waals surface area contributed by atoms with Gasteiger partial charge in [-0.1, -0.05) is 0 Å². The topological polar surface area (TPSA) is 34.0 Å². The molecule has 0 amide bonds. The summed E-state index contributed by atoms with van der Waals surface area (Å²) in [6.45, 7) is 4.02. The Balaban J connectivity index is 1.52. The van der Waals surface area contributed by atoms with Gasteiger partial charge >= 0.3 is 0 Å². The Morgan fingerprint density at radius 2 is 2.08 bits per heavy atom. The van der Waals surface area contributed by atoms with Crippen molar-refractivity contribution in [2.45, 2.75) is 25.8 Å². The number of hydrogen-bond donors (Lipinski definition) is 0. The molecule has 1 saturated heterocycles. The molecule has 4 rings (SSSR count). The first-order valence-corrected chi connectivity index (χ1v) is 9.04. The van der Waals surface area contributed by atoms with Crippen LogP contribution in [0.3, 0.4) is 0 Å². The Morgan fingerprint density at radius 1 is 1.25 bits per heavy atom. The smallest absolute Gasteiger partial charge is 0.185 e. The number of benzene rings is 1. The van der Waals surface area contributed by atoms with Gasteiger partial charge in [-0.3, -0.25) is 4.68 Å². The van der Waals surface area contributed by atoms with E-state index in [2.05, 4.69) is 27.8 Å². The molecule has 0 aliphatic carbocycles. The third-order valence-electron chi connectivity index (χ3n) is 4.40. The normalized spacial score (nSPS) is 18.1. The highest BCUT2D eigenvalue weighted by molar-refractivity contribution is 7.14. The summed E-state index contributed by atoms with van der Waals surface area (Å²) in [4.78, 5) is 7.10. The number of rotatable bonds is 3. The molecule has 124 valence electrons. The van der Waals surface area contributed by atoms with Gasteiger partial charge in [-0.05, 0) is 49.6 Å². The van der Waals surface area contributed by atoms with E-state index in [-0.39, 0.29) is 5.82 Å². The lowest BCUT2D eigenvalue weighted by molar-refractivity contribution is 0.376. The minimum absolute atomic E-state index is 0.220. The van der Waals surface area contributed by atoms with Crippen molar-refractivity contribution in [3.8, 4) is 11.3 Å². The van der Waals surface area contributed by atoms with Crippen molar-refractivity contribution in [2.75, 3.05) is 18.0 Å². The summed E-state index contributed by atoms with van der Waals surface area (Å²) in [5.74, 6) is -0.220. The lowest BCUT2D eigenvalue weighted by atomic mass is 10.1. The van der Waals surface area contributed by atoms with Crippen LogP contribution in [-0.2, 0) is 0 Å². The second kappa shape index (κ2) is 6.36. The Bertz CT molecular complexity index is 824. The highest BCUT2D eigenvalue weighted by Crippen LogP contribution is 2.31. The quantitative estimate of drug-likeness (QED) is 0.712. The van der Waals surface area contributed by atoms with E-state index in [0.717, 1.165) is 42.3 Å². The predicted molar refractivity (Wildman–Crippen MR) is 95.0 cm³/mol. The van der Waals surface area contributed by atoms with Crippen LogP contribution >= 0.6 is 11.3 Å². The molecule has 1 aliphatic heterocycles. The largest absolute Gasteiger partial charge is 0.346 e. The van der Waals surface area contributed by atoms with E-state index in [1.54, 1.807) is 23.5 Å². The third-order valence-corrected chi connectivity index (χ3v) is 5.31. The average Bonchev–Trinajstić information content (AvgIpc) is 3.25. The van der Waals surface area contributed by atoms with E-state index in [9.17, 15) is 4.39 Å². The van der Waals surface area contributed by atoms with Crippen LogP contribution in [0.5, 0.6) is 0 Å². The van der Waals surface area contributed by atoms with Crippen molar-refractivity contribution >= 4 is 16.5 Å². The van der Waals surface area contributed by atoms with Crippen molar-refractivity contribution in [3.63, 3.8) is 0 Å². The molecule has 1 fully saturated rings. The first kappa shape index (κ1) is 15.3. The van der Waals surface area contributed by atoms with Crippen LogP contribution in [0.2, 0.25) is 0 Å². The van der Waals surface area contributed by atoms with E-state index in [0.29, 0.717) is 6.04 Å². The summed E-state index contributed by atoms with van der Waals surface area (Å²) in [7, 11) is 0. The molecule has 0 saturated carbocycles. The number of nitrogens with zero attached hydrogens (tertiary/aromatic N) is 4. The molecule has 1 aliphatic rings. The van der Waals surface area contributed by atoms with Crippen LogP contribution in [0.1, 0.15) is 24.4 Å². The minimum Gasteiger partial charge on any atom is -0.346 e. The molecule has 4 nitrogen and oxygen atoms in total. The Morgan fingerprint density at radius 3 is 2.83 bits per heavy atom. The van der Waals surface area contributed by atoms with E-state index >= 15 is 0 Å². The lowest BCUT2D eigenvalue weighted by Gasteiger charge is -2.32. The Labute approximate surface area is 144 Å². The number of thiazole rings is 1. The summed E-state index contributed by atoms with van der Waals surface area (Å²) in [6.07, 6.45) is 6.30. The van der Waals surface area contributed by atoms with Gasteiger partial charge in [-0.25, -0.2) is 9.37 Å². The lowest BCUT2D eigenvalue weighted by Crippen LogP contribution is -2.36. The summed E-state index contributed by atoms with van der Waals surface area (Å²) >= 11 is 1.65. The minimum atomic E-state index is -0.220. The van der Waals surface area contributed by atoms with Gasteiger partial charge in [-0.2, -0.15) is 5.10 Å². The van der Waals surface area contributed by atoms with E-state index in [1.165, 1.54) is 17.7 Å². The summed E-state index contributed by atoms with van der Waals surface area (Å²) in [5, 5.41) is 7.54. The molecule has 0 N–H and O–H groups in total. The number of piperidine rings is 1. The standard InChI is InChI=1S/C18H19FN4S/c1-13-9-20-23(10-13)16-3-2-8-22(11-16)18-21-17(12-24-18)14-4-6-15(19)7-5-14/h4-7,9-10,12,16H,2-3,8,11H2,1H3. The fraction of sp³-hybridized carbons (Fsp3) is 0.333. The molecule has 2 aromatic heterocycles. The zero-order chi connectivity index (χ0) is 16.5. The second-order valence-corrected chi connectivity index (χ2v) is 7.10. The molecule has 0 spiro atoms. The van der Waals surface area contributed by atoms with Crippen LogP contribution in [0.4, 0.5) is 9.52 Å². The average molecular weight is 342 g/mol.